The van der Waals surface area contributed by atoms with Crippen LogP contribution in [-0.4, -0.2) is 0 Å². The van der Waals surface area contributed by atoms with Gasteiger partial charge in [-0.3, -0.25) is 0 Å². The maximum Gasteiger partial charge on any atom is 0.0663 e. The lowest BCUT2D eigenvalue weighted by Gasteiger charge is -2.50. The minimum atomic E-state index is -0.108. The van der Waals surface area contributed by atoms with Crippen LogP contribution in [0, 0.1) is 0 Å². The van der Waals surface area contributed by atoms with Crippen molar-refractivity contribution < 1.29 is 0 Å². The summed E-state index contributed by atoms with van der Waals surface area (Å²) in [4.78, 5) is 5.34. The van der Waals surface area contributed by atoms with Gasteiger partial charge in [0.05, 0.1) is 6.04 Å². The molecule has 0 saturated carbocycles. The Morgan fingerprint density at radius 1 is 0.500 bits per heavy atom. The van der Waals surface area contributed by atoms with Gasteiger partial charge < -0.3 is 9.80 Å². The van der Waals surface area contributed by atoms with Crippen molar-refractivity contribution >= 4 is 28.4 Å². The summed E-state index contributed by atoms with van der Waals surface area (Å²) in [6.07, 6.45) is 1.04. The highest BCUT2D eigenvalue weighted by atomic mass is 15.2. The molecule has 2 heterocycles. The molecule has 66 heavy (non-hydrogen) atoms. The molecular weight excluding hydrogens is 797 g/mol. The van der Waals surface area contributed by atoms with E-state index in [-0.39, 0.29) is 17.4 Å². The van der Waals surface area contributed by atoms with Gasteiger partial charge in [0, 0.05) is 51.6 Å². The van der Waals surface area contributed by atoms with E-state index in [1.165, 1.54) is 89.4 Å². The second-order valence-electron chi connectivity index (χ2n) is 20.8. The van der Waals surface area contributed by atoms with Crippen LogP contribution in [-0.2, 0) is 11.8 Å². The van der Waals surface area contributed by atoms with E-state index in [0.29, 0.717) is 23.7 Å². The monoisotopic (exact) mass is 856 g/mol. The van der Waals surface area contributed by atoms with Gasteiger partial charge in [0.25, 0.3) is 0 Å². The molecule has 4 atom stereocenters. The number of anilines is 5. The number of nitrogens with zero attached hydrogens (tertiary/aromatic N) is 2. The Morgan fingerprint density at radius 2 is 1.08 bits per heavy atom. The van der Waals surface area contributed by atoms with Crippen molar-refractivity contribution in [2.75, 3.05) is 9.80 Å². The molecule has 0 amide bonds. The standard InChI is InChI=1S/C64H60N2/c1-38(2)48-19-14-21-51-40(5)50-34-35-53-41(6)52-22-15-20-49(39(3)4)62(52)66-61(57(60(48)51)37-56(50)63(53)66)44-26-30-46(31-27-44)65(45-28-24-43(25-29-45)42-16-10-9-11-17-42)47-32-33-55-54-18-12-13-23-58(54)64(7,8)59(55)36-47/h9-36,38-41,57,61H,37H2,1-8H3. The van der Waals surface area contributed by atoms with E-state index in [2.05, 4.69) is 235 Å². The summed E-state index contributed by atoms with van der Waals surface area (Å²) in [5.74, 6) is 1.71. The number of benzene rings is 8. The molecule has 12 rings (SSSR count). The Bertz CT molecular complexity index is 3190. The fourth-order valence-corrected chi connectivity index (χ4v) is 12.9. The molecule has 0 radical (unpaired) electrons. The molecule has 8 aromatic carbocycles. The minimum Gasteiger partial charge on any atom is -0.332 e. The van der Waals surface area contributed by atoms with Gasteiger partial charge in [-0.15, -0.1) is 0 Å². The average molecular weight is 857 g/mol. The zero-order valence-electron chi connectivity index (χ0n) is 39.7. The molecule has 4 aliphatic rings. The SMILES string of the molecule is CC(C)c1cccc2c1C1Cc3c(ccc4c3N(c3c(C(C)C)cccc3C4C)C1c1ccc(N(c3ccc(-c4ccccc4)cc3)c3ccc4c(c3)C(C)(C)c3ccccc3-4)cc1)C2C. The smallest absolute Gasteiger partial charge is 0.0663 e. The Labute approximate surface area is 392 Å². The Balaban J connectivity index is 1.05. The van der Waals surface area contributed by atoms with E-state index in [1.807, 2.05) is 0 Å². The summed E-state index contributed by atoms with van der Waals surface area (Å²) in [7, 11) is 0. The molecule has 2 heteroatoms. The minimum absolute atomic E-state index is 0.105. The van der Waals surface area contributed by atoms with Gasteiger partial charge in [0.1, 0.15) is 0 Å². The lowest BCUT2D eigenvalue weighted by molar-refractivity contribution is 0.504. The third-order valence-electron chi connectivity index (χ3n) is 16.2. The third-order valence-corrected chi connectivity index (χ3v) is 16.2. The predicted molar refractivity (Wildman–Crippen MR) is 278 cm³/mol. The molecule has 0 aromatic heterocycles. The Hall–Kier alpha value is -6.64. The highest BCUT2D eigenvalue weighted by Gasteiger charge is 2.47. The summed E-state index contributed by atoms with van der Waals surface area (Å²) >= 11 is 0. The molecular formula is C64H60N2. The number of hydrogen-bond donors (Lipinski definition) is 0. The van der Waals surface area contributed by atoms with E-state index in [0.717, 1.165) is 17.8 Å². The fraction of sp³-hybridized carbons (Fsp3) is 0.250. The molecule has 8 aromatic rings. The first-order valence-corrected chi connectivity index (χ1v) is 24.5. The van der Waals surface area contributed by atoms with E-state index in [9.17, 15) is 0 Å². The van der Waals surface area contributed by atoms with Crippen molar-refractivity contribution in [2.24, 2.45) is 0 Å². The first kappa shape index (κ1) is 40.8. The fourth-order valence-electron chi connectivity index (χ4n) is 12.9. The van der Waals surface area contributed by atoms with Gasteiger partial charge in [-0.1, -0.05) is 189 Å². The zero-order valence-corrected chi connectivity index (χ0v) is 39.7. The van der Waals surface area contributed by atoms with Crippen LogP contribution in [0.25, 0.3) is 22.3 Å². The highest BCUT2D eigenvalue weighted by Crippen LogP contribution is 2.62. The van der Waals surface area contributed by atoms with Gasteiger partial charge in [0.2, 0.25) is 0 Å². The molecule has 2 aliphatic heterocycles. The van der Waals surface area contributed by atoms with Gasteiger partial charge in [-0.05, 0) is 138 Å². The van der Waals surface area contributed by atoms with Crippen LogP contribution in [0.4, 0.5) is 28.4 Å². The van der Waals surface area contributed by atoms with Crippen molar-refractivity contribution in [3.8, 4) is 22.3 Å². The molecule has 326 valence electrons. The first-order chi connectivity index (χ1) is 32.0. The van der Waals surface area contributed by atoms with Crippen molar-refractivity contribution in [3.63, 3.8) is 0 Å². The van der Waals surface area contributed by atoms with Crippen LogP contribution in [0.15, 0.2) is 170 Å². The normalized spacial score (nSPS) is 19.2. The van der Waals surface area contributed by atoms with Crippen LogP contribution in [0.5, 0.6) is 0 Å². The summed E-state index contributed by atoms with van der Waals surface area (Å²) in [6.45, 7) is 19.2. The third kappa shape index (κ3) is 5.99. The van der Waals surface area contributed by atoms with E-state index < -0.39 is 0 Å². The van der Waals surface area contributed by atoms with E-state index in [4.69, 9.17) is 0 Å². The van der Waals surface area contributed by atoms with Gasteiger partial charge >= 0.3 is 0 Å². The Morgan fingerprint density at radius 3 is 1.80 bits per heavy atom. The molecule has 0 fully saturated rings. The van der Waals surface area contributed by atoms with Gasteiger partial charge in [-0.25, -0.2) is 0 Å². The van der Waals surface area contributed by atoms with Gasteiger partial charge in [-0.2, -0.15) is 0 Å². The van der Waals surface area contributed by atoms with E-state index >= 15 is 0 Å². The maximum atomic E-state index is 2.86. The summed E-state index contributed by atoms with van der Waals surface area (Å²) in [6, 6.07) is 65.2. The van der Waals surface area contributed by atoms with E-state index in [1.54, 1.807) is 11.1 Å². The predicted octanol–water partition coefficient (Wildman–Crippen LogP) is 17.5. The van der Waals surface area contributed by atoms with Crippen LogP contribution >= 0.6 is 0 Å². The molecule has 4 unspecified atom stereocenters. The lowest BCUT2D eigenvalue weighted by Crippen LogP contribution is -2.39. The van der Waals surface area contributed by atoms with Crippen molar-refractivity contribution in [2.45, 2.75) is 103 Å². The summed E-state index contributed by atoms with van der Waals surface area (Å²) in [5, 5.41) is 0. The summed E-state index contributed by atoms with van der Waals surface area (Å²) in [5.41, 5.74) is 27.6. The average Bonchev–Trinajstić information content (AvgIpc) is 3.50. The van der Waals surface area contributed by atoms with Crippen molar-refractivity contribution in [1.82, 2.24) is 0 Å². The van der Waals surface area contributed by atoms with Crippen molar-refractivity contribution in [3.05, 3.63) is 231 Å². The topological polar surface area (TPSA) is 6.48 Å². The zero-order chi connectivity index (χ0) is 45.2. The maximum absolute atomic E-state index is 2.86. The second kappa shape index (κ2) is 15.2. The number of para-hydroxylation sites is 1. The van der Waals surface area contributed by atoms with Crippen LogP contribution in [0.2, 0.25) is 0 Å². The molecule has 2 bridgehead atoms. The second-order valence-corrected chi connectivity index (χ2v) is 20.8. The number of fused-ring (bicyclic) bond motifs is 8. The van der Waals surface area contributed by atoms with Crippen LogP contribution in [0.3, 0.4) is 0 Å². The molecule has 0 saturated heterocycles. The van der Waals surface area contributed by atoms with Crippen LogP contribution < -0.4 is 9.80 Å². The first-order valence-electron chi connectivity index (χ1n) is 24.5. The van der Waals surface area contributed by atoms with Crippen LogP contribution in [0.1, 0.15) is 152 Å². The lowest BCUT2D eigenvalue weighted by atomic mass is 9.71. The number of rotatable bonds is 7. The largest absolute Gasteiger partial charge is 0.332 e. The Kier molecular flexibility index (Phi) is 9.41. The van der Waals surface area contributed by atoms with Crippen molar-refractivity contribution in [1.29, 1.82) is 0 Å². The summed E-state index contributed by atoms with van der Waals surface area (Å²) < 4.78 is 0. The van der Waals surface area contributed by atoms with Gasteiger partial charge in [0.15, 0.2) is 0 Å². The molecule has 2 nitrogen and oxygen atoms in total. The molecule has 0 spiro atoms. The number of hydrogen-bond acceptors (Lipinski definition) is 2. The highest BCUT2D eigenvalue weighted by molar-refractivity contribution is 5.88. The molecule has 2 aliphatic carbocycles. The molecule has 0 N–H and O–H groups in total. The quantitative estimate of drug-likeness (QED) is 0.158.